The lowest BCUT2D eigenvalue weighted by Crippen LogP contribution is -2.44. The fourth-order valence-corrected chi connectivity index (χ4v) is 2.81. The topological polar surface area (TPSA) is 75.6 Å². The zero-order chi connectivity index (χ0) is 18.5. The minimum Gasteiger partial charge on any atom is -0.480 e. The van der Waals surface area contributed by atoms with Crippen molar-refractivity contribution in [1.82, 2.24) is 5.32 Å². The van der Waals surface area contributed by atoms with Crippen LogP contribution in [-0.4, -0.2) is 37.9 Å². The number of hydrogen-bond donors (Lipinski definition) is 2. The van der Waals surface area contributed by atoms with Crippen LogP contribution in [0.15, 0.2) is 24.3 Å². The van der Waals surface area contributed by atoms with E-state index in [0.29, 0.717) is 0 Å². The molecule has 7 heteroatoms. The normalized spacial score (nSPS) is 13.4. The lowest BCUT2D eigenvalue weighted by molar-refractivity contribution is -0.139. The zero-order valence-electron chi connectivity index (χ0n) is 14.9. The summed E-state index contributed by atoms with van der Waals surface area (Å²) in [6.45, 7) is 10.7. The predicted molar refractivity (Wildman–Crippen MR) is 93.1 cm³/mol. The van der Waals surface area contributed by atoms with Crippen LogP contribution in [0.2, 0.25) is 18.1 Å². The van der Waals surface area contributed by atoms with Crippen LogP contribution >= 0.6 is 0 Å². The molecule has 0 radical (unpaired) electrons. The van der Waals surface area contributed by atoms with Crippen LogP contribution in [0.4, 0.5) is 4.39 Å². The molecular formula is C17H26FNO4Si. The summed E-state index contributed by atoms with van der Waals surface area (Å²) in [4.78, 5) is 23.4. The van der Waals surface area contributed by atoms with Gasteiger partial charge in [0.25, 0.3) is 5.91 Å². The summed E-state index contributed by atoms with van der Waals surface area (Å²) in [5.74, 6) is -2.12. The van der Waals surface area contributed by atoms with Crippen molar-refractivity contribution in [3.63, 3.8) is 0 Å². The van der Waals surface area contributed by atoms with E-state index in [1.54, 1.807) is 0 Å². The lowest BCUT2D eigenvalue weighted by Gasteiger charge is -2.36. The number of halogens is 1. The first-order chi connectivity index (χ1) is 10.9. The maximum Gasteiger partial charge on any atom is 0.326 e. The Morgan fingerprint density at radius 3 is 2.25 bits per heavy atom. The summed E-state index contributed by atoms with van der Waals surface area (Å²) >= 11 is 0. The molecule has 1 aromatic rings. The molecule has 1 aromatic carbocycles. The minimum atomic E-state index is -1.96. The molecule has 0 unspecified atom stereocenters. The van der Waals surface area contributed by atoms with Crippen LogP contribution in [-0.2, 0) is 9.22 Å². The number of carboxylic acid groups (broad SMARTS) is 1. The van der Waals surface area contributed by atoms with Crippen molar-refractivity contribution in [2.75, 3.05) is 6.61 Å². The third-order valence-electron chi connectivity index (χ3n) is 4.39. The largest absolute Gasteiger partial charge is 0.480 e. The van der Waals surface area contributed by atoms with E-state index in [-0.39, 0.29) is 23.6 Å². The number of carbonyl (C=O) groups is 2. The second-order valence-electron chi connectivity index (χ2n) is 7.27. The summed E-state index contributed by atoms with van der Waals surface area (Å²) in [6, 6.07) is 3.90. The van der Waals surface area contributed by atoms with Crippen LogP contribution in [0.25, 0.3) is 0 Å². The molecule has 0 aliphatic carbocycles. The fraction of sp³-hybridized carbons (Fsp3) is 0.529. The van der Waals surface area contributed by atoms with Crippen molar-refractivity contribution in [1.29, 1.82) is 0 Å². The average Bonchev–Trinajstić information content (AvgIpc) is 2.45. The van der Waals surface area contributed by atoms with Crippen molar-refractivity contribution in [3.05, 3.63) is 35.6 Å². The Kier molecular flexibility index (Phi) is 6.68. The molecule has 0 spiro atoms. The van der Waals surface area contributed by atoms with Gasteiger partial charge in [-0.3, -0.25) is 4.79 Å². The second-order valence-corrected chi connectivity index (χ2v) is 12.1. The molecule has 0 heterocycles. The standard InChI is InChI=1S/C17H26FNO4Si/c1-17(2,3)24(4,5)23-11-10-14(16(21)22)19-15(20)12-6-8-13(18)9-7-12/h6-9,14H,10-11H2,1-5H3,(H,19,20)(H,21,22)/t14-/m0/s1. The van der Waals surface area contributed by atoms with Crippen LogP contribution in [0.3, 0.4) is 0 Å². The summed E-state index contributed by atoms with van der Waals surface area (Å²) in [7, 11) is -1.96. The number of carbonyl (C=O) groups excluding carboxylic acids is 1. The van der Waals surface area contributed by atoms with E-state index >= 15 is 0 Å². The Hall–Kier alpha value is -1.73. The molecule has 0 saturated carbocycles. The second kappa shape index (κ2) is 7.89. The highest BCUT2D eigenvalue weighted by molar-refractivity contribution is 6.74. The quantitative estimate of drug-likeness (QED) is 0.735. The van der Waals surface area contributed by atoms with Gasteiger partial charge in [0.1, 0.15) is 11.9 Å². The highest BCUT2D eigenvalue weighted by Crippen LogP contribution is 2.36. The Morgan fingerprint density at radius 1 is 1.25 bits per heavy atom. The SMILES string of the molecule is CC(C)(C)[Si](C)(C)OCC[C@H](NC(=O)c1ccc(F)cc1)C(=O)O. The van der Waals surface area contributed by atoms with Gasteiger partial charge in [-0.05, 0) is 42.4 Å². The van der Waals surface area contributed by atoms with Gasteiger partial charge in [-0.2, -0.15) is 0 Å². The Morgan fingerprint density at radius 2 is 1.79 bits per heavy atom. The number of amides is 1. The number of aliphatic carboxylic acids is 1. The van der Waals surface area contributed by atoms with E-state index in [0.717, 1.165) is 12.1 Å². The van der Waals surface area contributed by atoms with Crippen molar-refractivity contribution in [2.24, 2.45) is 0 Å². The van der Waals surface area contributed by atoms with Crippen molar-refractivity contribution >= 4 is 20.2 Å². The maximum absolute atomic E-state index is 12.9. The maximum atomic E-state index is 12.9. The number of hydrogen-bond acceptors (Lipinski definition) is 3. The number of carboxylic acids is 1. The van der Waals surface area contributed by atoms with Gasteiger partial charge in [-0.25, -0.2) is 9.18 Å². The number of rotatable bonds is 7. The van der Waals surface area contributed by atoms with E-state index in [4.69, 9.17) is 4.43 Å². The summed E-state index contributed by atoms with van der Waals surface area (Å²) in [5, 5.41) is 11.8. The van der Waals surface area contributed by atoms with Gasteiger partial charge in [0.05, 0.1) is 0 Å². The third-order valence-corrected chi connectivity index (χ3v) is 8.92. The van der Waals surface area contributed by atoms with Gasteiger partial charge in [0.2, 0.25) is 0 Å². The highest BCUT2D eigenvalue weighted by Gasteiger charge is 2.37. The van der Waals surface area contributed by atoms with E-state index in [1.807, 2.05) is 0 Å². The molecule has 24 heavy (non-hydrogen) atoms. The summed E-state index contributed by atoms with van der Waals surface area (Å²) in [6.07, 6.45) is 0.175. The Balaban J connectivity index is 2.63. The van der Waals surface area contributed by atoms with Crippen LogP contribution in [0.5, 0.6) is 0 Å². The van der Waals surface area contributed by atoms with E-state index < -0.39 is 32.1 Å². The molecule has 2 N–H and O–H groups in total. The Bertz CT molecular complexity index is 581. The van der Waals surface area contributed by atoms with Gasteiger partial charge >= 0.3 is 5.97 Å². The number of nitrogens with one attached hydrogen (secondary N) is 1. The Labute approximate surface area is 143 Å². The summed E-state index contributed by atoms with van der Waals surface area (Å²) in [5.41, 5.74) is 0.216. The van der Waals surface area contributed by atoms with Crippen molar-refractivity contribution in [3.8, 4) is 0 Å². The van der Waals surface area contributed by atoms with Crippen LogP contribution in [0, 0.1) is 5.82 Å². The molecule has 134 valence electrons. The highest BCUT2D eigenvalue weighted by atomic mass is 28.4. The molecular weight excluding hydrogens is 329 g/mol. The first-order valence-electron chi connectivity index (χ1n) is 7.87. The minimum absolute atomic E-state index is 0.0308. The van der Waals surface area contributed by atoms with Gasteiger partial charge in [-0.15, -0.1) is 0 Å². The number of benzene rings is 1. The fourth-order valence-electron chi connectivity index (χ4n) is 1.75. The average molecular weight is 355 g/mol. The first-order valence-corrected chi connectivity index (χ1v) is 10.8. The van der Waals surface area contributed by atoms with Crippen LogP contribution in [0.1, 0.15) is 37.6 Å². The predicted octanol–water partition coefficient (Wildman–Crippen LogP) is 3.42. The first kappa shape index (κ1) is 20.3. The molecule has 0 aromatic heterocycles. The van der Waals surface area contributed by atoms with Gasteiger partial charge in [0, 0.05) is 18.6 Å². The smallest absolute Gasteiger partial charge is 0.326 e. The van der Waals surface area contributed by atoms with Gasteiger partial charge < -0.3 is 14.8 Å². The van der Waals surface area contributed by atoms with Gasteiger partial charge in [0.15, 0.2) is 8.32 Å². The van der Waals surface area contributed by atoms with E-state index in [9.17, 15) is 19.1 Å². The summed E-state index contributed by atoms with van der Waals surface area (Å²) < 4.78 is 18.8. The van der Waals surface area contributed by atoms with Crippen LogP contribution < -0.4 is 5.32 Å². The molecule has 0 saturated heterocycles. The molecule has 1 atom stereocenters. The molecule has 0 fully saturated rings. The van der Waals surface area contributed by atoms with Crippen molar-refractivity contribution < 1.29 is 23.5 Å². The molecule has 5 nitrogen and oxygen atoms in total. The lowest BCUT2D eigenvalue weighted by atomic mass is 10.1. The zero-order valence-corrected chi connectivity index (χ0v) is 15.9. The molecule has 0 aliphatic rings. The van der Waals surface area contributed by atoms with Crippen molar-refractivity contribution in [2.45, 2.75) is 51.4 Å². The molecule has 1 rings (SSSR count). The molecule has 0 aliphatic heterocycles. The van der Waals surface area contributed by atoms with Gasteiger partial charge in [-0.1, -0.05) is 20.8 Å². The van der Waals surface area contributed by atoms with E-state index in [1.165, 1.54) is 12.1 Å². The molecule has 1 amide bonds. The molecule has 0 bridgehead atoms. The third kappa shape index (κ3) is 5.72. The van der Waals surface area contributed by atoms with E-state index in [2.05, 4.69) is 39.2 Å². The monoisotopic (exact) mass is 355 g/mol.